The Balaban J connectivity index is 2.51. The number of halogens is 1. The van der Waals surface area contributed by atoms with E-state index in [9.17, 15) is 8.60 Å². The van der Waals surface area contributed by atoms with Crippen molar-refractivity contribution in [1.82, 2.24) is 5.32 Å². The molecule has 0 aromatic heterocycles. The van der Waals surface area contributed by atoms with Crippen LogP contribution in [0.25, 0.3) is 0 Å². The highest BCUT2D eigenvalue weighted by molar-refractivity contribution is 7.84. The van der Waals surface area contributed by atoms with Crippen molar-refractivity contribution in [2.24, 2.45) is 4.40 Å². The normalized spacial score (nSPS) is 19.9. The van der Waals surface area contributed by atoms with Crippen LogP contribution >= 0.6 is 0 Å². The Morgan fingerprint density at radius 1 is 1.56 bits per heavy atom. The van der Waals surface area contributed by atoms with Crippen molar-refractivity contribution in [3.05, 3.63) is 23.8 Å². The van der Waals surface area contributed by atoms with Crippen molar-refractivity contribution in [3.63, 3.8) is 0 Å². The predicted molar refractivity (Wildman–Crippen MR) is 59.6 cm³/mol. The van der Waals surface area contributed by atoms with Crippen LogP contribution in [0.5, 0.6) is 5.75 Å². The fourth-order valence-corrected chi connectivity index (χ4v) is 2.53. The van der Waals surface area contributed by atoms with Crippen molar-refractivity contribution in [2.45, 2.75) is 18.2 Å². The van der Waals surface area contributed by atoms with Gasteiger partial charge in [-0.05, 0) is 12.1 Å². The minimum Gasteiger partial charge on any atom is -0.460 e. The molecule has 1 aliphatic heterocycles. The average Bonchev–Trinajstić information content (AvgIpc) is 2.56. The van der Waals surface area contributed by atoms with E-state index < -0.39 is 17.3 Å². The number of rotatable bonds is 2. The molecule has 2 rings (SSSR count). The maximum atomic E-state index is 12.8. The van der Waals surface area contributed by atoms with Crippen molar-refractivity contribution < 1.29 is 13.3 Å². The molecule has 0 amide bonds. The number of fused-ring (bicyclic) bond motifs is 1. The molecule has 0 radical (unpaired) electrons. The molecule has 1 aromatic carbocycles. The van der Waals surface area contributed by atoms with Crippen LogP contribution in [0.3, 0.4) is 0 Å². The van der Waals surface area contributed by atoms with Gasteiger partial charge >= 0.3 is 0 Å². The quantitative estimate of drug-likeness (QED) is 0.852. The number of benzene rings is 1. The summed E-state index contributed by atoms with van der Waals surface area (Å²) in [5.74, 6) is 0.816. The molecule has 0 bridgehead atoms. The minimum absolute atomic E-state index is 0.353. The molecular weight excluding hydrogens is 231 g/mol. The number of amidine groups is 1. The molecule has 16 heavy (non-hydrogen) atoms. The van der Waals surface area contributed by atoms with E-state index in [2.05, 4.69) is 9.71 Å². The first kappa shape index (κ1) is 11.1. The monoisotopic (exact) mass is 242 g/mol. The molecule has 6 heteroatoms. The first-order valence-electron chi connectivity index (χ1n) is 4.76. The summed E-state index contributed by atoms with van der Waals surface area (Å²) in [5, 5.41) is 2.82. The second kappa shape index (κ2) is 4.21. The van der Waals surface area contributed by atoms with Gasteiger partial charge in [0.05, 0.1) is 10.5 Å². The number of nitrogens with one attached hydrogen (secondary N) is 1. The molecule has 1 aliphatic rings. The zero-order chi connectivity index (χ0) is 11.7. The summed E-state index contributed by atoms with van der Waals surface area (Å²) in [4.78, 5) is 0.544. The van der Waals surface area contributed by atoms with E-state index in [1.807, 2.05) is 0 Å². The Labute approximate surface area is 95.1 Å². The number of ether oxygens (including phenoxy) is 1. The highest BCUT2D eigenvalue weighted by Crippen LogP contribution is 2.31. The Morgan fingerprint density at radius 3 is 2.94 bits per heavy atom. The van der Waals surface area contributed by atoms with Gasteiger partial charge in [-0.25, -0.2) is 8.60 Å². The van der Waals surface area contributed by atoms with Gasteiger partial charge in [-0.15, -0.1) is 0 Å². The molecule has 1 N–H and O–H groups in total. The zero-order valence-electron chi connectivity index (χ0n) is 8.86. The molecule has 2 unspecified atom stereocenters. The van der Waals surface area contributed by atoms with Gasteiger partial charge in [0.2, 0.25) is 6.36 Å². The highest BCUT2D eigenvalue weighted by Gasteiger charge is 2.26. The second-order valence-corrected chi connectivity index (χ2v) is 4.35. The van der Waals surface area contributed by atoms with E-state index in [-0.39, 0.29) is 0 Å². The zero-order valence-corrected chi connectivity index (χ0v) is 9.68. The molecule has 0 saturated heterocycles. The fourth-order valence-electron chi connectivity index (χ4n) is 1.51. The van der Waals surface area contributed by atoms with Crippen LogP contribution in [0.4, 0.5) is 4.39 Å². The topological polar surface area (TPSA) is 50.7 Å². The molecule has 1 heterocycles. The second-order valence-electron chi connectivity index (χ2n) is 3.23. The van der Waals surface area contributed by atoms with Crippen LogP contribution in [0.2, 0.25) is 0 Å². The molecular formula is C10H11FN2O2S. The maximum absolute atomic E-state index is 12.8. The van der Waals surface area contributed by atoms with Crippen LogP contribution in [0.1, 0.15) is 12.5 Å². The summed E-state index contributed by atoms with van der Waals surface area (Å²) in [5.41, 5.74) is 0.577. The lowest BCUT2D eigenvalue weighted by Crippen LogP contribution is -2.19. The molecule has 0 spiro atoms. The van der Waals surface area contributed by atoms with Crippen molar-refractivity contribution in [1.29, 1.82) is 0 Å². The fraction of sp³-hybridized carbons (Fsp3) is 0.300. The maximum Gasteiger partial charge on any atom is 0.235 e. The summed E-state index contributed by atoms with van der Waals surface area (Å²) in [6, 6.07) is 4.99. The molecule has 4 nitrogen and oxygen atoms in total. The lowest BCUT2D eigenvalue weighted by Gasteiger charge is -2.11. The van der Waals surface area contributed by atoms with Crippen molar-refractivity contribution in [3.8, 4) is 5.75 Å². The van der Waals surface area contributed by atoms with E-state index in [1.165, 1.54) is 6.92 Å². The van der Waals surface area contributed by atoms with Crippen LogP contribution in [-0.4, -0.2) is 23.4 Å². The first-order valence-corrected chi connectivity index (χ1v) is 5.86. The lowest BCUT2D eigenvalue weighted by molar-refractivity contribution is 0.0856. The van der Waals surface area contributed by atoms with Gasteiger partial charge in [0.25, 0.3) is 0 Å². The van der Waals surface area contributed by atoms with Crippen LogP contribution in [0.15, 0.2) is 27.5 Å². The summed E-state index contributed by atoms with van der Waals surface area (Å²) in [6.07, 6.45) is -1.42. The Morgan fingerprint density at radius 2 is 2.31 bits per heavy atom. The standard InChI is InChI=1S/C10H11FN2O2S/c1-6(11)15-7-4-3-5-8-9(7)10(12-2)13-16(8)14/h3-6H,1-2H3,(H,12,13). The molecule has 86 valence electrons. The molecule has 1 aromatic rings. The smallest absolute Gasteiger partial charge is 0.235 e. The van der Waals surface area contributed by atoms with Crippen LogP contribution < -0.4 is 10.1 Å². The third-order valence-electron chi connectivity index (χ3n) is 2.11. The third-order valence-corrected chi connectivity index (χ3v) is 3.18. The van der Waals surface area contributed by atoms with Gasteiger partial charge in [0.15, 0.2) is 11.0 Å². The summed E-state index contributed by atoms with van der Waals surface area (Å²) >= 11 is 0. The van der Waals surface area contributed by atoms with Crippen molar-refractivity contribution >= 4 is 16.8 Å². The molecule has 0 aliphatic carbocycles. The minimum atomic E-state index is -1.43. The predicted octanol–water partition coefficient (Wildman–Crippen LogP) is 1.38. The van der Waals surface area contributed by atoms with Gasteiger partial charge in [-0.3, -0.25) is 0 Å². The van der Waals surface area contributed by atoms with Gasteiger partial charge in [-0.1, -0.05) is 6.07 Å². The van der Waals surface area contributed by atoms with Gasteiger partial charge in [0, 0.05) is 14.0 Å². The van der Waals surface area contributed by atoms with Crippen LogP contribution in [-0.2, 0) is 11.0 Å². The molecule has 0 fully saturated rings. The largest absolute Gasteiger partial charge is 0.460 e. The third kappa shape index (κ3) is 1.80. The van der Waals surface area contributed by atoms with E-state index in [0.717, 1.165) is 0 Å². The van der Waals surface area contributed by atoms with Crippen molar-refractivity contribution in [2.75, 3.05) is 7.05 Å². The summed E-state index contributed by atoms with van der Waals surface area (Å²) in [7, 11) is 0.238. The van der Waals surface area contributed by atoms with E-state index in [4.69, 9.17) is 4.74 Å². The van der Waals surface area contributed by atoms with Gasteiger partial charge < -0.3 is 10.1 Å². The SMILES string of the molecule is CNC1=NS(=O)c2cccc(OC(C)F)c21. The summed E-state index contributed by atoms with van der Waals surface area (Å²) in [6.45, 7) is 1.29. The first-order chi connectivity index (χ1) is 7.63. The molecule has 2 atom stereocenters. The van der Waals surface area contributed by atoms with Gasteiger partial charge in [0.1, 0.15) is 11.6 Å². The molecule has 0 saturated carbocycles. The lowest BCUT2D eigenvalue weighted by atomic mass is 10.2. The van der Waals surface area contributed by atoms with E-state index >= 15 is 0 Å². The Bertz CT molecular complexity index is 474. The Kier molecular flexibility index (Phi) is 2.91. The number of nitrogens with zero attached hydrogens (tertiary/aromatic N) is 1. The van der Waals surface area contributed by atoms with E-state index in [0.29, 0.717) is 22.0 Å². The highest BCUT2D eigenvalue weighted by atomic mass is 32.2. The number of hydrogen-bond donors (Lipinski definition) is 1. The van der Waals surface area contributed by atoms with Gasteiger partial charge in [-0.2, -0.15) is 4.40 Å². The number of hydrogen-bond acceptors (Lipinski definition) is 3. The average molecular weight is 242 g/mol. The summed E-state index contributed by atoms with van der Waals surface area (Å²) < 4.78 is 33.4. The van der Waals surface area contributed by atoms with Crippen LogP contribution in [0, 0.1) is 0 Å². The van der Waals surface area contributed by atoms with E-state index in [1.54, 1.807) is 25.2 Å². The number of alkyl halides is 1. The Hall–Kier alpha value is -1.43.